The van der Waals surface area contributed by atoms with Crippen molar-refractivity contribution in [1.29, 1.82) is 0 Å². The van der Waals surface area contributed by atoms with Gasteiger partial charge in [-0.1, -0.05) is 0 Å². The third kappa shape index (κ3) is 0.661. The van der Waals surface area contributed by atoms with E-state index in [1.807, 2.05) is 10.6 Å². The van der Waals surface area contributed by atoms with Gasteiger partial charge in [0.2, 0.25) is 0 Å². The van der Waals surface area contributed by atoms with Gasteiger partial charge in [-0.25, -0.2) is 4.98 Å². The lowest BCUT2D eigenvalue weighted by atomic mass is 10.5. The molecule has 0 radical (unpaired) electrons. The first-order valence-electron chi connectivity index (χ1n) is 3.00. The van der Waals surface area contributed by atoms with E-state index in [0.717, 1.165) is 10.5 Å². The molecule has 0 aromatic carbocycles. The van der Waals surface area contributed by atoms with Crippen LogP contribution in [0.2, 0.25) is 0 Å². The molecule has 2 heterocycles. The van der Waals surface area contributed by atoms with Crippen LogP contribution in [-0.2, 0) is 6.54 Å². The normalized spacial score (nSPS) is 10.9. The first kappa shape index (κ1) is 5.88. The van der Waals surface area contributed by atoms with Crippen molar-refractivity contribution in [2.75, 3.05) is 0 Å². The third-order valence-electron chi connectivity index (χ3n) is 1.44. The van der Waals surface area contributed by atoms with Gasteiger partial charge in [0.25, 0.3) is 0 Å². The van der Waals surface area contributed by atoms with Gasteiger partial charge in [-0.2, -0.15) is 0 Å². The fourth-order valence-corrected chi connectivity index (χ4v) is 1.78. The Hall–Kier alpha value is -0.870. The Morgan fingerprint density at radius 2 is 2.60 bits per heavy atom. The van der Waals surface area contributed by atoms with Gasteiger partial charge >= 0.3 is 0 Å². The number of hydrogen-bond donors (Lipinski definition) is 1. The standard InChI is InChI=1S/C6H7N3S/c7-1-5-3-10-6-2-8-4-9(5)6/h2-4H,1,7H2. The van der Waals surface area contributed by atoms with E-state index in [1.54, 1.807) is 17.7 Å². The zero-order valence-electron chi connectivity index (χ0n) is 5.32. The number of fused-ring (bicyclic) bond motifs is 1. The molecule has 4 heteroatoms. The SMILES string of the molecule is NCc1csc2cncn12. The van der Waals surface area contributed by atoms with E-state index >= 15 is 0 Å². The highest BCUT2D eigenvalue weighted by Gasteiger charge is 1.99. The predicted octanol–water partition coefficient (Wildman–Crippen LogP) is 0.855. The molecule has 2 N–H and O–H groups in total. The summed E-state index contributed by atoms with van der Waals surface area (Å²) in [6, 6.07) is 0. The maximum absolute atomic E-state index is 5.48. The highest BCUT2D eigenvalue weighted by molar-refractivity contribution is 7.15. The Morgan fingerprint density at radius 1 is 1.70 bits per heavy atom. The van der Waals surface area contributed by atoms with E-state index < -0.39 is 0 Å². The van der Waals surface area contributed by atoms with Gasteiger partial charge in [-0.15, -0.1) is 11.3 Å². The summed E-state index contributed by atoms with van der Waals surface area (Å²) >= 11 is 1.67. The second-order valence-electron chi connectivity index (χ2n) is 2.03. The number of thiazole rings is 1. The van der Waals surface area contributed by atoms with E-state index in [9.17, 15) is 0 Å². The third-order valence-corrected chi connectivity index (χ3v) is 2.37. The van der Waals surface area contributed by atoms with Crippen molar-refractivity contribution in [1.82, 2.24) is 9.38 Å². The molecular formula is C6H7N3S. The monoisotopic (exact) mass is 153 g/mol. The number of hydrogen-bond acceptors (Lipinski definition) is 3. The molecule has 0 saturated heterocycles. The zero-order chi connectivity index (χ0) is 6.97. The quantitative estimate of drug-likeness (QED) is 0.660. The molecule has 3 nitrogen and oxygen atoms in total. The van der Waals surface area contributed by atoms with Gasteiger partial charge in [0, 0.05) is 17.6 Å². The van der Waals surface area contributed by atoms with E-state index in [4.69, 9.17) is 5.73 Å². The van der Waals surface area contributed by atoms with Crippen molar-refractivity contribution in [3.05, 3.63) is 23.6 Å². The fourth-order valence-electron chi connectivity index (χ4n) is 0.917. The van der Waals surface area contributed by atoms with Crippen LogP contribution < -0.4 is 5.73 Å². The van der Waals surface area contributed by atoms with Crippen molar-refractivity contribution in [2.45, 2.75) is 6.54 Å². The van der Waals surface area contributed by atoms with Crippen LogP contribution in [0.4, 0.5) is 0 Å². The summed E-state index contributed by atoms with van der Waals surface area (Å²) in [6.07, 6.45) is 3.62. The van der Waals surface area contributed by atoms with Crippen molar-refractivity contribution in [2.24, 2.45) is 5.73 Å². The van der Waals surface area contributed by atoms with Crippen LogP contribution in [0.1, 0.15) is 5.69 Å². The topological polar surface area (TPSA) is 43.3 Å². The summed E-state index contributed by atoms with van der Waals surface area (Å²) in [5, 5.41) is 2.05. The lowest BCUT2D eigenvalue weighted by Gasteiger charge is -1.89. The largest absolute Gasteiger partial charge is 0.325 e. The second-order valence-corrected chi connectivity index (χ2v) is 2.92. The van der Waals surface area contributed by atoms with Crippen LogP contribution in [-0.4, -0.2) is 9.38 Å². The number of nitrogens with two attached hydrogens (primary N) is 1. The Labute approximate surface area is 62.1 Å². The van der Waals surface area contributed by atoms with Crippen LogP contribution >= 0.6 is 11.3 Å². The van der Waals surface area contributed by atoms with Gasteiger partial charge < -0.3 is 5.73 Å². The molecule has 0 spiro atoms. The van der Waals surface area contributed by atoms with Crippen molar-refractivity contribution < 1.29 is 0 Å². The molecule has 2 rings (SSSR count). The minimum atomic E-state index is 0.580. The Morgan fingerprint density at radius 3 is 3.40 bits per heavy atom. The number of rotatable bonds is 1. The minimum absolute atomic E-state index is 0.580. The van der Waals surface area contributed by atoms with Crippen molar-refractivity contribution in [3.8, 4) is 0 Å². The molecule has 0 saturated carbocycles. The Bertz CT molecular complexity index is 335. The number of nitrogens with zero attached hydrogens (tertiary/aromatic N) is 2. The Balaban J connectivity index is 2.76. The lowest BCUT2D eigenvalue weighted by molar-refractivity contribution is 0.957. The van der Waals surface area contributed by atoms with Gasteiger partial charge in [0.1, 0.15) is 11.2 Å². The van der Waals surface area contributed by atoms with E-state index in [0.29, 0.717) is 6.54 Å². The summed E-state index contributed by atoms with van der Waals surface area (Å²) in [4.78, 5) is 5.14. The molecule has 10 heavy (non-hydrogen) atoms. The van der Waals surface area contributed by atoms with Crippen LogP contribution in [0.3, 0.4) is 0 Å². The Kier molecular flexibility index (Phi) is 1.22. The highest BCUT2D eigenvalue weighted by atomic mass is 32.1. The fraction of sp³-hybridized carbons (Fsp3) is 0.167. The molecule has 0 amide bonds. The smallest absolute Gasteiger partial charge is 0.119 e. The summed E-state index contributed by atoms with van der Waals surface area (Å²) in [6.45, 7) is 0.580. The maximum Gasteiger partial charge on any atom is 0.119 e. The predicted molar refractivity (Wildman–Crippen MR) is 41.0 cm³/mol. The first-order valence-corrected chi connectivity index (χ1v) is 3.88. The van der Waals surface area contributed by atoms with Gasteiger partial charge in [0.05, 0.1) is 6.20 Å². The lowest BCUT2D eigenvalue weighted by Crippen LogP contribution is -1.98. The maximum atomic E-state index is 5.48. The number of aromatic nitrogens is 2. The van der Waals surface area contributed by atoms with Crippen LogP contribution in [0.5, 0.6) is 0 Å². The van der Waals surface area contributed by atoms with Crippen LogP contribution in [0.25, 0.3) is 4.83 Å². The van der Waals surface area contributed by atoms with Crippen molar-refractivity contribution >= 4 is 16.2 Å². The molecule has 0 atom stereocenters. The first-order chi connectivity index (χ1) is 4.92. The molecule has 0 bridgehead atoms. The molecule has 0 aliphatic heterocycles. The van der Waals surface area contributed by atoms with Gasteiger partial charge in [-0.05, 0) is 0 Å². The van der Waals surface area contributed by atoms with Gasteiger partial charge in [0.15, 0.2) is 0 Å². The van der Waals surface area contributed by atoms with E-state index in [2.05, 4.69) is 10.4 Å². The molecule has 0 aliphatic carbocycles. The molecule has 0 fully saturated rings. The summed E-state index contributed by atoms with van der Waals surface area (Å²) in [5.74, 6) is 0. The molecule has 0 aliphatic rings. The van der Waals surface area contributed by atoms with Crippen LogP contribution in [0.15, 0.2) is 17.9 Å². The highest BCUT2D eigenvalue weighted by Crippen LogP contribution is 2.14. The molecule has 52 valence electrons. The summed E-state index contributed by atoms with van der Waals surface area (Å²) in [5.41, 5.74) is 6.60. The number of imidazole rings is 1. The van der Waals surface area contributed by atoms with E-state index in [1.165, 1.54) is 0 Å². The van der Waals surface area contributed by atoms with Crippen molar-refractivity contribution in [3.63, 3.8) is 0 Å². The van der Waals surface area contributed by atoms with Crippen LogP contribution in [0, 0.1) is 0 Å². The van der Waals surface area contributed by atoms with E-state index in [-0.39, 0.29) is 0 Å². The average Bonchev–Trinajstić information content (AvgIpc) is 2.44. The molecule has 2 aromatic rings. The average molecular weight is 153 g/mol. The second kappa shape index (κ2) is 2.07. The molecular weight excluding hydrogens is 146 g/mol. The summed E-state index contributed by atoms with van der Waals surface area (Å²) in [7, 11) is 0. The molecule has 0 unspecified atom stereocenters. The van der Waals surface area contributed by atoms with Gasteiger partial charge in [-0.3, -0.25) is 4.40 Å². The zero-order valence-corrected chi connectivity index (χ0v) is 6.14. The summed E-state index contributed by atoms with van der Waals surface area (Å²) < 4.78 is 2.00. The molecule has 2 aromatic heterocycles. The minimum Gasteiger partial charge on any atom is -0.325 e.